The monoisotopic (exact) mass is 283 g/mol. The highest BCUT2D eigenvalue weighted by atomic mass is 15.4. The van der Waals surface area contributed by atoms with Crippen molar-refractivity contribution < 1.29 is 0 Å². The summed E-state index contributed by atoms with van der Waals surface area (Å²) in [6.07, 6.45) is 1.83. The number of para-hydroxylation sites is 1. The van der Waals surface area contributed by atoms with Crippen molar-refractivity contribution in [3.8, 4) is 0 Å². The van der Waals surface area contributed by atoms with Crippen LogP contribution in [0.1, 0.15) is 12.5 Å². The molecule has 1 atom stereocenters. The molecule has 0 aliphatic carbocycles. The summed E-state index contributed by atoms with van der Waals surface area (Å²) in [5.41, 5.74) is 4.46. The summed E-state index contributed by atoms with van der Waals surface area (Å²) in [5.74, 6) is 1.02. The normalized spacial score (nSPS) is 19.2. The second-order valence-corrected chi connectivity index (χ2v) is 5.67. The van der Waals surface area contributed by atoms with Crippen LogP contribution in [0.25, 0.3) is 0 Å². The average Bonchev–Trinajstić information content (AvgIpc) is 2.94. The Hall–Kier alpha value is -2.30. The quantitative estimate of drug-likeness (QED) is 0.849. The van der Waals surface area contributed by atoms with Gasteiger partial charge in [0.05, 0.1) is 18.0 Å². The third kappa shape index (κ3) is 2.09. The van der Waals surface area contributed by atoms with Gasteiger partial charge in [-0.05, 0) is 13.0 Å². The summed E-state index contributed by atoms with van der Waals surface area (Å²) in [7, 11) is 8.08. The van der Waals surface area contributed by atoms with Gasteiger partial charge in [-0.15, -0.1) is 0 Å². The molecule has 0 bridgehead atoms. The van der Waals surface area contributed by atoms with E-state index < -0.39 is 0 Å². The van der Waals surface area contributed by atoms with Crippen LogP contribution in [0.2, 0.25) is 0 Å². The number of aryl methyl sites for hydroxylation is 1. The molecule has 0 saturated heterocycles. The van der Waals surface area contributed by atoms with Gasteiger partial charge >= 0.3 is 0 Å². The van der Waals surface area contributed by atoms with Gasteiger partial charge < -0.3 is 9.80 Å². The van der Waals surface area contributed by atoms with Crippen LogP contribution in [0.5, 0.6) is 0 Å². The van der Waals surface area contributed by atoms with Gasteiger partial charge in [0.1, 0.15) is 5.69 Å². The van der Waals surface area contributed by atoms with E-state index in [-0.39, 0.29) is 6.04 Å². The van der Waals surface area contributed by atoms with Crippen LogP contribution < -0.4 is 9.80 Å². The number of benzene rings is 1. The molecule has 0 amide bonds. The smallest absolute Gasteiger partial charge is 0.152 e. The fourth-order valence-corrected chi connectivity index (χ4v) is 2.92. The Morgan fingerprint density at radius 3 is 2.62 bits per heavy atom. The summed E-state index contributed by atoms with van der Waals surface area (Å²) in [6, 6.07) is 8.68. The molecule has 0 N–H and O–H groups in total. The van der Waals surface area contributed by atoms with Crippen molar-refractivity contribution in [2.75, 3.05) is 30.9 Å². The largest absolute Gasteiger partial charge is 0.366 e. The van der Waals surface area contributed by atoms with Crippen LogP contribution in [0, 0.1) is 0 Å². The van der Waals surface area contributed by atoms with E-state index in [0.717, 1.165) is 17.2 Å². The minimum Gasteiger partial charge on any atom is -0.366 e. The lowest BCUT2D eigenvalue weighted by atomic mass is 10.1. The number of rotatable bonds is 2. The van der Waals surface area contributed by atoms with E-state index in [9.17, 15) is 0 Å². The van der Waals surface area contributed by atoms with Crippen LogP contribution in [-0.2, 0) is 7.05 Å². The Morgan fingerprint density at radius 1 is 1.19 bits per heavy atom. The van der Waals surface area contributed by atoms with Crippen LogP contribution in [0.4, 0.5) is 17.2 Å². The fourth-order valence-electron chi connectivity index (χ4n) is 2.92. The maximum Gasteiger partial charge on any atom is 0.152 e. The lowest BCUT2D eigenvalue weighted by Gasteiger charge is -2.18. The topological polar surface area (TPSA) is 36.7 Å². The minimum absolute atomic E-state index is 0.262. The maximum absolute atomic E-state index is 4.92. The molecule has 110 valence electrons. The minimum atomic E-state index is 0.262. The molecule has 1 aromatic carbocycles. The Balaban J connectivity index is 2.13. The third-order valence-corrected chi connectivity index (χ3v) is 4.09. The van der Waals surface area contributed by atoms with Gasteiger partial charge in [-0.1, -0.05) is 18.2 Å². The van der Waals surface area contributed by atoms with Crippen molar-refractivity contribution in [1.29, 1.82) is 0 Å². The van der Waals surface area contributed by atoms with Crippen LogP contribution in [0.15, 0.2) is 35.5 Å². The van der Waals surface area contributed by atoms with E-state index in [1.165, 1.54) is 11.3 Å². The molecule has 3 rings (SSSR count). The summed E-state index contributed by atoms with van der Waals surface area (Å²) < 4.78 is 1.86. The molecule has 0 spiro atoms. The molecule has 5 heteroatoms. The number of likely N-dealkylation sites (N-methyl/N-ethyl adjacent to an activating group) is 1. The van der Waals surface area contributed by atoms with Crippen molar-refractivity contribution in [2.24, 2.45) is 12.0 Å². The predicted octanol–water partition coefficient (Wildman–Crippen LogP) is 2.45. The Kier molecular flexibility index (Phi) is 3.20. The first-order valence-electron chi connectivity index (χ1n) is 7.11. The number of aromatic nitrogens is 2. The maximum atomic E-state index is 4.92. The van der Waals surface area contributed by atoms with E-state index >= 15 is 0 Å². The summed E-state index contributed by atoms with van der Waals surface area (Å²) in [6.45, 7) is 2.19. The molecule has 2 heterocycles. The molecule has 1 aromatic heterocycles. The first-order chi connectivity index (χ1) is 10.0. The Bertz CT molecular complexity index is 698. The molecular formula is C16H21N5. The SMILES string of the molecule is CC1C(=Nc2cnn(C)c2N(C)C)c2ccccc2N1C. The zero-order chi connectivity index (χ0) is 15.1. The molecule has 1 aliphatic rings. The second-order valence-electron chi connectivity index (χ2n) is 5.67. The molecule has 21 heavy (non-hydrogen) atoms. The average molecular weight is 283 g/mol. The Labute approximate surface area is 125 Å². The van der Waals surface area contributed by atoms with Gasteiger partial charge in [-0.25, -0.2) is 4.99 Å². The molecule has 0 saturated carbocycles. The molecular weight excluding hydrogens is 262 g/mol. The van der Waals surface area contributed by atoms with Crippen LogP contribution in [-0.4, -0.2) is 42.7 Å². The van der Waals surface area contributed by atoms with Crippen LogP contribution in [0.3, 0.4) is 0 Å². The number of fused-ring (bicyclic) bond motifs is 1. The number of hydrogen-bond donors (Lipinski definition) is 0. The summed E-state index contributed by atoms with van der Waals surface area (Å²) in [5, 5.41) is 4.33. The number of aliphatic imine (C=N–C) groups is 1. The van der Waals surface area contributed by atoms with E-state index in [0.29, 0.717) is 0 Å². The number of hydrogen-bond acceptors (Lipinski definition) is 4. The van der Waals surface area contributed by atoms with Crippen LogP contribution >= 0.6 is 0 Å². The van der Waals surface area contributed by atoms with Crippen molar-refractivity contribution in [1.82, 2.24) is 9.78 Å². The zero-order valence-corrected chi connectivity index (χ0v) is 13.2. The van der Waals surface area contributed by atoms with Gasteiger partial charge in [-0.3, -0.25) is 4.68 Å². The lowest BCUT2D eigenvalue weighted by Crippen LogP contribution is -2.28. The van der Waals surface area contributed by atoms with E-state index in [4.69, 9.17) is 4.99 Å². The summed E-state index contributed by atoms with van der Waals surface area (Å²) >= 11 is 0. The Morgan fingerprint density at radius 2 is 1.90 bits per heavy atom. The highest BCUT2D eigenvalue weighted by Crippen LogP contribution is 2.34. The van der Waals surface area contributed by atoms with Gasteiger partial charge in [0.2, 0.25) is 0 Å². The standard InChI is InChI=1S/C16H21N5/c1-11-15(12-8-6-7-9-14(12)20(11)4)18-13-10-17-21(5)16(13)19(2)3/h6-11H,1-5H3. The van der Waals surface area contributed by atoms with Crippen molar-refractivity contribution >= 4 is 22.9 Å². The lowest BCUT2D eigenvalue weighted by molar-refractivity contribution is 0.754. The fraction of sp³-hybridized carbons (Fsp3) is 0.375. The van der Waals surface area contributed by atoms with Gasteiger partial charge in [0.25, 0.3) is 0 Å². The van der Waals surface area contributed by atoms with Crippen molar-refractivity contribution in [3.63, 3.8) is 0 Å². The molecule has 0 radical (unpaired) electrons. The van der Waals surface area contributed by atoms with E-state index in [1.54, 1.807) is 0 Å². The van der Waals surface area contributed by atoms with Gasteiger partial charge in [0.15, 0.2) is 5.82 Å². The number of anilines is 2. The van der Waals surface area contributed by atoms with E-state index in [1.807, 2.05) is 36.9 Å². The molecule has 0 fully saturated rings. The highest BCUT2D eigenvalue weighted by molar-refractivity contribution is 6.15. The first-order valence-corrected chi connectivity index (χ1v) is 7.11. The van der Waals surface area contributed by atoms with Gasteiger partial charge in [-0.2, -0.15) is 5.10 Å². The number of nitrogens with zero attached hydrogens (tertiary/aromatic N) is 5. The first kappa shape index (κ1) is 13.7. The zero-order valence-electron chi connectivity index (χ0n) is 13.2. The van der Waals surface area contributed by atoms with Crippen molar-refractivity contribution in [2.45, 2.75) is 13.0 Å². The second kappa shape index (κ2) is 4.91. The van der Waals surface area contributed by atoms with E-state index in [2.05, 4.69) is 48.2 Å². The summed E-state index contributed by atoms with van der Waals surface area (Å²) in [4.78, 5) is 9.23. The van der Waals surface area contributed by atoms with Gasteiger partial charge in [0, 0.05) is 39.4 Å². The highest BCUT2D eigenvalue weighted by Gasteiger charge is 2.29. The molecule has 1 aliphatic heterocycles. The van der Waals surface area contributed by atoms with Crippen molar-refractivity contribution in [3.05, 3.63) is 36.0 Å². The molecule has 2 aromatic rings. The molecule has 1 unspecified atom stereocenters. The third-order valence-electron chi connectivity index (χ3n) is 4.09. The predicted molar refractivity (Wildman–Crippen MR) is 88.0 cm³/mol. The molecule has 5 nitrogen and oxygen atoms in total.